The number of fused-ring (bicyclic) bond motifs is 12. The van der Waals surface area contributed by atoms with Gasteiger partial charge in [-0.3, -0.25) is 10.9 Å². The van der Waals surface area contributed by atoms with Crippen LogP contribution in [0.5, 0.6) is 0 Å². The Morgan fingerprint density at radius 2 is 0.706 bits per heavy atom. The standard InChI is InChI=1S/C60H54N8/c1-59(2)43-23-9-13-27-49(43)65(50-28-14-10-24-44(50)59)47-35-33-41(37-19-5-7-21-39(37)47)55-61-63-57-58-64-62-56(68(58)54-32-18-17-31-53(54)67(55)57)42-34-36-48(40-22-8-6-20-38(40)42)66-51-29-15-11-25-45(51)60(3,4)46-26-12-16-30-52(46)66/h5-16,19-30,33-36,53-54,57-58,63-64H,17-18,31-32H2,1-4H3. The van der Waals surface area contributed by atoms with Gasteiger partial charge in [-0.25, -0.2) is 0 Å². The van der Waals surface area contributed by atoms with Crippen LogP contribution in [-0.4, -0.2) is 45.9 Å². The summed E-state index contributed by atoms with van der Waals surface area (Å²) in [6.45, 7) is 9.40. The molecule has 8 heteroatoms. The van der Waals surface area contributed by atoms with E-state index >= 15 is 0 Å². The SMILES string of the molecule is CC1(C)c2ccccc2N(c2ccc(C3=NNC4C5NN=C(c6ccc(N7c8ccccc8C(C)(C)c8ccccc87)c7ccccc67)N5C5CCCCC5N34)c3ccccc23)c2ccccc21. The Balaban J connectivity index is 0.840. The fourth-order valence-electron chi connectivity index (χ4n) is 13.3. The van der Waals surface area contributed by atoms with Crippen molar-refractivity contribution in [2.24, 2.45) is 10.2 Å². The van der Waals surface area contributed by atoms with Crippen LogP contribution in [0.3, 0.4) is 0 Å². The highest BCUT2D eigenvalue weighted by Crippen LogP contribution is 2.55. The van der Waals surface area contributed by atoms with E-state index in [-0.39, 0.29) is 35.2 Å². The number of hydrogen-bond donors (Lipinski definition) is 2. The average Bonchev–Trinajstić information content (AvgIpc) is 4.03. The predicted molar refractivity (Wildman–Crippen MR) is 278 cm³/mol. The first-order valence-electron chi connectivity index (χ1n) is 24.6. The Bertz CT molecular complexity index is 3130. The third kappa shape index (κ3) is 5.37. The van der Waals surface area contributed by atoms with E-state index in [0.717, 1.165) is 35.6 Å². The summed E-state index contributed by atoms with van der Waals surface area (Å²) < 4.78 is 0. The summed E-state index contributed by atoms with van der Waals surface area (Å²) in [6.07, 6.45) is 4.34. The molecule has 0 radical (unpaired) electrons. The van der Waals surface area contributed by atoms with Gasteiger partial charge in [0.1, 0.15) is 0 Å². The molecule has 5 aliphatic heterocycles. The Labute approximate surface area is 398 Å². The van der Waals surface area contributed by atoms with Gasteiger partial charge in [0.05, 0.1) is 46.2 Å². The summed E-state index contributed by atoms with van der Waals surface area (Å²) in [7, 11) is 0. The Kier molecular flexibility index (Phi) is 8.42. The first kappa shape index (κ1) is 39.6. The molecule has 14 rings (SSSR count). The van der Waals surface area contributed by atoms with Gasteiger partial charge >= 0.3 is 0 Å². The molecule has 4 atom stereocenters. The summed E-state index contributed by atoms with van der Waals surface area (Å²) in [5.74, 6) is 2.04. The highest BCUT2D eigenvalue weighted by molar-refractivity contribution is 6.16. The zero-order valence-corrected chi connectivity index (χ0v) is 39.0. The molecule has 5 heterocycles. The van der Waals surface area contributed by atoms with E-state index < -0.39 is 0 Å². The van der Waals surface area contributed by atoms with Gasteiger partial charge in [-0.1, -0.05) is 162 Å². The van der Waals surface area contributed by atoms with Gasteiger partial charge in [0.2, 0.25) is 0 Å². The van der Waals surface area contributed by atoms with Crippen LogP contribution >= 0.6 is 0 Å². The molecule has 8 aromatic carbocycles. The minimum atomic E-state index is -0.129. The average molecular weight is 887 g/mol. The molecule has 6 aliphatic rings. The second-order valence-electron chi connectivity index (χ2n) is 20.6. The maximum atomic E-state index is 5.30. The highest BCUT2D eigenvalue weighted by atomic mass is 15.6. The molecule has 0 amide bonds. The van der Waals surface area contributed by atoms with E-state index in [4.69, 9.17) is 10.2 Å². The molecule has 334 valence electrons. The molecule has 8 aromatic rings. The molecule has 1 aliphatic carbocycles. The van der Waals surface area contributed by atoms with Gasteiger partial charge in [0.25, 0.3) is 0 Å². The Morgan fingerprint density at radius 1 is 0.382 bits per heavy atom. The normalized spacial score (nSPS) is 22.4. The van der Waals surface area contributed by atoms with Crippen LogP contribution in [0.25, 0.3) is 21.5 Å². The largest absolute Gasteiger partial charge is 0.325 e. The van der Waals surface area contributed by atoms with Crippen molar-refractivity contribution in [2.75, 3.05) is 9.80 Å². The third-order valence-electron chi connectivity index (χ3n) is 16.4. The minimum absolute atomic E-state index is 0.109. The first-order valence-corrected chi connectivity index (χ1v) is 24.6. The van der Waals surface area contributed by atoms with Crippen LogP contribution in [0, 0.1) is 0 Å². The molecule has 8 nitrogen and oxygen atoms in total. The first-order chi connectivity index (χ1) is 33.3. The molecular weight excluding hydrogens is 833 g/mol. The number of hydrazone groups is 2. The van der Waals surface area contributed by atoms with E-state index in [1.807, 2.05) is 0 Å². The molecule has 68 heavy (non-hydrogen) atoms. The quantitative estimate of drug-likeness (QED) is 0.184. The van der Waals surface area contributed by atoms with Crippen molar-refractivity contribution in [3.8, 4) is 0 Å². The van der Waals surface area contributed by atoms with E-state index in [0.29, 0.717) is 0 Å². The van der Waals surface area contributed by atoms with E-state index in [9.17, 15) is 0 Å². The van der Waals surface area contributed by atoms with Crippen molar-refractivity contribution < 1.29 is 0 Å². The topological polar surface area (TPSA) is 61.7 Å². The zero-order chi connectivity index (χ0) is 45.5. The lowest BCUT2D eigenvalue weighted by Gasteiger charge is -2.54. The summed E-state index contributed by atoms with van der Waals surface area (Å²) in [5.41, 5.74) is 22.0. The number of nitrogens with zero attached hydrogens (tertiary/aromatic N) is 6. The third-order valence-corrected chi connectivity index (χ3v) is 16.4. The number of piperazine rings is 1. The lowest BCUT2D eigenvalue weighted by molar-refractivity contribution is -0.00890. The van der Waals surface area contributed by atoms with E-state index in [2.05, 4.69) is 228 Å². The van der Waals surface area contributed by atoms with Gasteiger partial charge in [0.15, 0.2) is 24.0 Å². The van der Waals surface area contributed by atoms with Gasteiger partial charge in [-0.05, 0) is 94.4 Å². The molecule has 2 N–H and O–H groups in total. The second kappa shape index (κ2) is 14.5. The number of amidine groups is 2. The van der Waals surface area contributed by atoms with Crippen molar-refractivity contribution in [2.45, 2.75) is 88.6 Å². The molecule has 4 unspecified atom stereocenters. The monoisotopic (exact) mass is 886 g/mol. The Morgan fingerprint density at radius 3 is 1.07 bits per heavy atom. The maximum Gasteiger partial charge on any atom is 0.158 e. The summed E-state index contributed by atoms with van der Waals surface area (Å²) in [6, 6.07) is 63.4. The number of para-hydroxylation sites is 4. The summed E-state index contributed by atoms with van der Waals surface area (Å²) >= 11 is 0. The molecule has 0 aromatic heterocycles. The van der Waals surface area contributed by atoms with Crippen LogP contribution in [0.4, 0.5) is 34.1 Å². The van der Waals surface area contributed by atoms with Gasteiger partial charge in [0, 0.05) is 32.7 Å². The van der Waals surface area contributed by atoms with E-state index in [1.165, 1.54) is 90.8 Å². The highest BCUT2D eigenvalue weighted by Gasteiger charge is 2.55. The van der Waals surface area contributed by atoms with Gasteiger partial charge in [-0.2, -0.15) is 10.2 Å². The van der Waals surface area contributed by atoms with Crippen LogP contribution < -0.4 is 20.7 Å². The van der Waals surface area contributed by atoms with Crippen molar-refractivity contribution in [1.29, 1.82) is 0 Å². The molecule has 2 fully saturated rings. The lowest BCUT2D eigenvalue weighted by Crippen LogP contribution is -2.72. The molecule has 0 bridgehead atoms. The van der Waals surface area contributed by atoms with Crippen LogP contribution in [0.1, 0.15) is 86.8 Å². The fraction of sp³-hybridized carbons (Fsp3) is 0.233. The fourth-order valence-corrected chi connectivity index (χ4v) is 13.3. The number of rotatable bonds is 4. The van der Waals surface area contributed by atoms with Gasteiger partial charge < -0.3 is 19.6 Å². The molecule has 0 spiro atoms. The maximum absolute atomic E-state index is 5.30. The van der Waals surface area contributed by atoms with E-state index in [1.54, 1.807) is 0 Å². The number of benzene rings is 8. The number of anilines is 6. The number of hydrogen-bond acceptors (Lipinski definition) is 8. The van der Waals surface area contributed by atoms with Crippen molar-refractivity contribution >= 4 is 67.3 Å². The van der Waals surface area contributed by atoms with Crippen molar-refractivity contribution in [3.05, 3.63) is 203 Å². The van der Waals surface area contributed by atoms with Crippen molar-refractivity contribution in [3.63, 3.8) is 0 Å². The van der Waals surface area contributed by atoms with Crippen LogP contribution in [0.15, 0.2) is 180 Å². The smallest absolute Gasteiger partial charge is 0.158 e. The minimum Gasteiger partial charge on any atom is -0.325 e. The zero-order valence-electron chi connectivity index (χ0n) is 39.0. The lowest BCUT2D eigenvalue weighted by atomic mass is 9.73. The van der Waals surface area contributed by atoms with Crippen molar-refractivity contribution in [1.82, 2.24) is 20.7 Å². The summed E-state index contributed by atoms with van der Waals surface area (Å²) in [5, 5.41) is 15.4. The molecule has 1 saturated carbocycles. The van der Waals surface area contributed by atoms with Crippen LogP contribution in [0.2, 0.25) is 0 Å². The molecule has 1 saturated heterocycles. The summed E-state index contributed by atoms with van der Waals surface area (Å²) in [4.78, 5) is 10.2. The molecular formula is C60H54N8. The second-order valence-corrected chi connectivity index (χ2v) is 20.6. The van der Waals surface area contributed by atoms with Crippen LogP contribution in [-0.2, 0) is 10.8 Å². The van der Waals surface area contributed by atoms with Gasteiger partial charge in [-0.15, -0.1) is 0 Å². The predicted octanol–water partition coefficient (Wildman–Crippen LogP) is 13.0. The Hall–Kier alpha value is -7.58. The number of nitrogens with one attached hydrogen (secondary N) is 2.